The molecule has 1 aromatic heterocycles. The van der Waals surface area contributed by atoms with Crippen molar-refractivity contribution in [2.24, 2.45) is 5.92 Å². The molecule has 0 aliphatic heterocycles. The number of benzene rings is 1. The van der Waals surface area contributed by atoms with E-state index < -0.39 is 28.0 Å². The minimum atomic E-state index is -3.64. The van der Waals surface area contributed by atoms with E-state index in [9.17, 15) is 27.8 Å². The second-order valence-electron chi connectivity index (χ2n) is 9.20. The first-order chi connectivity index (χ1) is 16.2. The maximum Gasteiger partial charge on any atom is 0.239 e. The Bertz CT molecular complexity index is 1160. The molecule has 1 heterocycles. The molecule has 2 unspecified atom stereocenters. The molecule has 0 bridgehead atoms. The smallest absolute Gasteiger partial charge is 0.239 e. The normalized spacial score (nSPS) is 14.0. The van der Waals surface area contributed by atoms with Crippen LogP contribution in [0.15, 0.2) is 30.3 Å². The molecule has 0 aliphatic carbocycles. The summed E-state index contributed by atoms with van der Waals surface area (Å²) in [4.78, 5) is 20.8. The molecule has 0 saturated carbocycles. The van der Waals surface area contributed by atoms with Crippen molar-refractivity contribution in [2.45, 2.75) is 58.7 Å². The maximum atomic E-state index is 13.6. The number of rotatable bonds is 11. The van der Waals surface area contributed by atoms with E-state index >= 15 is 0 Å². The van der Waals surface area contributed by atoms with E-state index in [0.29, 0.717) is 22.5 Å². The van der Waals surface area contributed by atoms with Crippen LogP contribution in [0.25, 0.3) is 17.3 Å². The van der Waals surface area contributed by atoms with Gasteiger partial charge in [-0.25, -0.2) is 27.1 Å². The number of aliphatic hydroxyl groups excluding tert-OH is 2. The Hall–Kier alpha value is -2.69. The third kappa shape index (κ3) is 7.91. The molecule has 2 aromatic rings. The van der Waals surface area contributed by atoms with Crippen LogP contribution in [-0.4, -0.2) is 59.9 Å². The summed E-state index contributed by atoms with van der Waals surface area (Å²) in [6.45, 7) is 7.27. The van der Waals surface area contributed by atoms with Gasteiger partial charge in [0.1, 0.15) is 11.6 Å². The Labute approximate surface area is 206 Å². The third-order valence-electron chi connectivity index (χ3n) is 5.49. The SMILES string of the molecule is CC(C)C(=O)CC(O)CC(O)/C=C/c1c(-c2ccc(F)cc2)nc(N(C)S(C)(=O)=O)nc1C(C)C. The highest BCUT2D eigenvalue weighted by atomic mass is 32.2. The number of anilines is 1. The lowest BCUT2D eigenvalue weighted by molar-refractivity contribution is -0.124. The fraction of sp³-hybridized carbons (Fsp3) is 0.480. The number of sulfonamides is 1. The first-order valence-corrected chi connectivity index (χ1v) is 13.2. The quantitative estimate of drug-likeness (QED) is 0.477. The van der Waals surface area contributed by atoms with Crippen molar-refractivity contribution < 1.29 is 27.8 Å². The van der Waals surface area contributed by atoms with Gasteiger partial charge in [0.15, 0.2) is 0 Å². The van der Waals surface area contributed by atoms with Crippen LogP contribution < -0.4 is 4.31 Å². The number of aliphatic hydroxyl groups is 2. The Morgan fingerprint density at radius 2 is 1.71 bits per heavy atom. The maximum absolute atomic E-state index is 13.6. The minimum Gasteiger partial charge on any atom is -0.393 e. The van der Waals surface area contributed by atoms with Gasteiger partial charge in [-0.2, -0.15) is 0 Å². The van der Waals surface area contributed by atoms with E-state index in [2.05, 4.69) is 9.97 Å². The van der Waals surface area contributed by atoms with E-state index in [1.54, 1.807) is 19.9 Å². The molecule has 0 aliphatic rings. The summed E-state index contributed by atoms with van der Waals surface area (Å²) in [7, 11) is -2.29. The number of nitrogens with zero attached hydrogens (tertiary/aromatic N) is 3. The summed E-state index contributed by atoms with van der Waals surface area (Å²) in [5, 5.41) is 20.6. The second kappa shape index (κ2) is 11.8. The van der Waals surface area contributed by atoms with Crippen LogP contribution in [0.5, 0.6) is 0 Å². The average Bonchev–Trinajstić information content (AvgIpc) is 2.76. The molecule has 10 heteroatoms. The Kier molecular flexibility index (Phi) is 9.65. The van der Waals surface area contributed by atoms with Crippen LogP contribution in [-0.2, 0) is 14.8 Å². The van der Waals surface area contributed by atoms with Crippen LogP contribution in [0.1, 0.15) is 57.7 Å². The first-order valence-electron chi connectivity index (χ1n) is 11.4. The third-order valence-corrected chi connectivity index (χ3v) is 6.64. The summed E-state index contributed by atoms with van der Waals surface area (Å²) in [6, 6.07) is 5.61. The molecular formula is C25H34FN3O5S. The average molecular weight is 508 g/mol. The molecular weight excluding hydrogens is 473 g/mol. The minimum absolute atomic E-state index is 0.0316. The lowest BCUT2D eigenvalue weighted by atomic mass is 9.96. The number of carbonyl (C=O) groups excluding carboxylic acids is 1. The fourth-order valence-electron chi connectivity index (χ4n) is 3.31. The van der Waals surface area contributed by atoms with Gasteiger partial charge in [0.2, 0.25) is 16.0 Å². The van der Waals surface area contributed by atoms with Crippen LogP contribution in [0.2, 0.25) is 0 Å². The highest BCUT2D eigenvalue weighted by Gasteiger charge is 2.23. The molecule has 0 radical (unpaired) electrons. The molecule has 35 heavy (non-hydrogen) atoms. The highest BCUT2D eigenvalue weighted by Crippen LogP contribution is 2.31. The number of aromatic nitrogens is 2. The lowest BCUT2D eigenvalue weighted by Gasteiger charge is -2.20. The lowest BCUT2D eigenvalue weighted by Crippen LogP contribution is -2.27. The summed E-state index contributed by atoms with van der Waals surface area (Å²) in [5.74, 6) is -0.901. The van der Waals surface area contributed by atoms with Crippen molar-refractivity contribution in [3.63, 3.8) is 0 Å². The van der Waals surface area contributed by atoms with Crippen LogP contribution in [0.3, 0.4) is 0 Å². The van der Waals surface area contributed by atoms with Gasteiger partial charge in [0.25, 0.3) is 0 Å². The van der Waals surface area contributed by atoms with Gasteiger partial charge < -0.3 is 10.2 Å². The summed E-state index contributed by atoms with van der Waals surface area (Å²) < 4.78 is 38.8. The number of carbonyl (C=O) groups is 1. The van der Waals surface area contributed by atoms with Gasteiger partial charge in [-0.15, -0.1) is 0 Å². The molecule has 2 N–H and O–H groups in total. The van der Waals surface area contributed by atoms with Gasteiger partial charge in [0, 0.05) is 36.9 Å². The van der Waals surface area contributed by atoms with Crippen molar-refractivity contribution in [1.82, 2.24) is 9.97 Å². The van der Waals surface area contributed by atoms with Crippen LogP contribution >= 0.6 is 0 Å². The molecule has 0 spiro atoms. The van der Waals surface area contributed by atoms with Crippen molar-refractivity contribution >= 4 is 27.8 Å². The van der Waals surface area contributed by atoms with Crippen molar-refractivity contribution in [1.29, 1.82) is 0 Å². The molecule has 0 amide bonds. The monoisotopic (exact) mass is 507 g/mol. The van der Waals surface area contributed by atoms with E-state index in [-0.39, 0.29) is 36.4 Å². The van der Waals surface area contributed by atoms with Gasteiger partial charge in [0.05, 0.1) is 29.9 Å². The van der Waals surface area contributed by atoms with Crippen molar-refractivity contribution in [3.8, 4) is 11.3 Å². The number of hydrogen-bond donors (Lipinski definition) is 2. The molecule has 2 atom stereocenters. The Morgan fingerprint density at radius 3 is 2.23 bits per heavy atom. The van der Waals surface area contributed by atoms with Crippen molar-refractivity contribution in [3.05, 3.63) is 47.4 Å². The van der Waals surface area contributed by atoms with Gasteiger partial charge >= 0.3 is 0 Å². The van der Waals surface area contributed by atoms with E-state index in [1.165, 1.54) is 37.4 Å². The molecule has 192 valence electrons. The largest absolute Gasteiger partial charge is 0.393 e. The van der Waals surface area contributed by atoms with Crippen LogP contribution in [0.4, 0.5) is 10.3 Å². The summed E-state index contributed by atoms with van der Waals surface area (Å²) in [5.41, 5.74) is 1.97. The molecule has 0 fully saturated rings. The predicted molar refractivity (Wildman–Crippen MR) is 135 cm³/mol. The number of Topliss-reactive ketones (excluding diaryl/α,β-unsaturated/α-hetero) is 1. The number of ketones is 1. The number of halogens is 1. The van der Waals surface area contributed by atoms with E-state index in [4.69, 9.17) is 0 Å². The second-order valence-corrected chi connectivity index (χ2v) is 11.2. The summed E-state index contributed by atoms with van der Waals surface area (Å²) >= 11 is 0. The molecule has 8 nitrogen and oxygen atoms in total. The predicted octanol–water partition coefficient (Wildman–Crippen LogP) is 3.54. The topological polar surface area (TPSA) is 121 Å². The standard InChI is InChI=1S/C25H34FN3O5S/c1-15(2)22(32)14-20(31)13-19(30)11-12-21-23(16(3)4)27-25(29(5)35(6,33)34)28-24(21)17-7-9-18(26)10-8-17/h7-12,15-16,19-20,30-31H,13-14H2,1-6H3/b12-11+. The first kappa shape index (κ1) is 28.5. The van der Waals surface area contributed by atoms with Gasteiger partial charge in [-0.3, -0.25) is 4.79 Å². The zero-order chi connectivity index (χ0) is 26.5. The zero-order valence-electron chi connectivity index (χ0n) is 20.9. The van der Waals surface area contributed by atoms with E-state index in [1.807, 2.05) is 13.8 Å². The molecule has 2 rings (SSSR count). The van der Waals surface area contributed by atoms with Gasteiger partial charge in [-0.1, -0.05) is 39.8 Å². The Morgan fingerprint density at radius 1 is 1.11 bits per heavy atom. The van der Waals surface area contributed by atoms with E-state index in [0.717, 1.165) is 10.6 Å². The fourth-order valence-corrected chi connectivity index (χ4v) is 3.69. The van der Waals surface area contributed by atoms with Gasteiger partial charge in [-0.05, 0) is 30.2 Å². The summed E-state index contributed by atoms with van der Waals surface area (Å²) in [6.07, 6.45) is 2.00. The molecule has 0 saturated heterocycles. The zero-order valence-corrected chi connectivity index (χ0v) is 21.8. The Balaban J connectivity index is 2.53. The number of hydrogen-bond acceptors (Lipinski definition) is 7. The van der Waals surface area contributed by atoms with Crippen LogP contribution in [0, 0.1) is 11.7 Å². The highest BCUT2D eigenvalue weighted by molar-refractivity contribution is 7.92. The molecule has 1 aromatic carbocycles. The van der Waals surface area contributed by atoms with Crippen molar-refractivity contribution in [2.75, 3.05) is 17.6 Å².